The van der Waals surface area contributed by atoms with Crippen LogP contribution in [0.25, 0.3) is 0 Å². The number of aliphatic hydroxyl groups is 2. The first-order chi connectivity index (χ1) is 7.10. The number of hydrogen-bond donors (Lipinski definition) is 2. The normalized spacial score (nSPS) is 24.9. The van der Waals surface area contributed by atoms with Crippen LogP contribution < -0.4 is 0 Å². The predicted octanol–water partition coefficient (Wildman–Crippen LogP) is 1.74. The fraction of sp³-hybridized carbons (Fsp3) is 0.538. The lowest BCUT2D eigenvalue weighted by atomic mass is 10.0. The van der Waals surface area contributed by atoms with Crippen molar-refractivity contribution in [3.63, 3.8) is 0 Å². The Kier molecular flexibility index (Phi) is 1.77. The standard InChI is InChI=1S/C13H16O2/c14-12(5-6-12)9-10-1-3-11(4-2-10)13(15)7-8-13/h1-4,14-15H,5-9H2. The molecule has 0 heterocycles. The lowest BCUT2D eigenvalue weighted by Gasteiger charge is -2.10. The van der Waals surface area contributed by atoms with Crippen molar-refractivity contribution >= 4 is 0 Å². The molecular formula is C13H16O2. The second-order valence-electron chi connectivity index (χ2n) is 5.13. The molecule has 0 saturated heterocycles. The van der Waals surface area contributed by atoms with Gasteiger partial charge in [-0.3, -0.25) is 0 Å². The molecule has 80 valence electrons. The zero-order chi connectivity index (χ0) is 10.5. The summed E-state index contributed by atoms with van der Waals surface area (Å²) in [4.78, 5) is 0. The highest BCUT2D eigenvalue weighted by molar-refractivity contribution is 5.31. The summed E-state index contributed by atoms with van der Waals surface area (Å²) in [6, 6.07) is 8.05. The lowest BCUT2D eigenvalue weighted by Crippen LogP contribution is -2.11. The Balaban J connectivity index is 1.76. The Hall–Kier alpha value is -0.860. The highest BCUT2D eigenvalue weighted by Crippen LogP contribution is 2.45. The summed E-state index contributed by atoms with van der Waals surface area (Å²) < 4.78 is 0. The Morgan fingerprint density at radius 1 is 0.933 bits per heavy atom. The van der Waals surface area contributed by atoms with Gasteiger partial charge in [-0.15, -0.1) is 0 Å². The van der Waals surface area contributed by atoms with Crippen LogP contribution in [0.5, 0.6) is 0 Å². The second-order valence-corrected chi connectivity index (χ2v) is 5.13. The molecular weight excluding hydrogens is 188 g/mol. The van der Waals surface area contributed by atoms with E-state index >= 15 is 0 Å². The third kappa shape index (κ3) is 1.80. The Bertz CT molecular complexity index is 372. The van der Waals surface area contributed by atoms with Gasteiger partial charge in [0.25, 0.3) is 0 Å². The van der Waals surface area contributed by atoms with Gasteiger partial charge < -0.3 is 10.2 Å². The molecule has 0 unspecified atom stereocenters. The number of benzene rings is 1. The Morgan fingerprint density at radius 2 is 1.53 bits per heavy atom. The van der Waals surface area contributed by atoms with Gasteiger partial charge in [-0.1, -0.05) is 24.3 Å². The molecule has 0 aliphatic heterocycles. The molecule has 1 aromatic rings. The fourth-order valence-electron chi connectivity index (χ4n) is 2.04. The van der Waals surface area contributed by atoms with E-state index in [-0.39, 0.29) is 0 Å². The van der Waals surface area contributed by atoms with Gasteiger partial charge in [-0.25, -0.2) is 0 Å². The van der Waals surface area contributed by atoms with E-state index in [9.17, 15) is 10.2 Å². The maximum atomic E-state index is 9.89. The van der Waals surface area contributed by atoms with Crippen LogP contribution in [-0.2, 0) is 12.0 Å². The van der Waals surface area contributed by atoms with E-state index in [0.29, 0.717) is 0 Å². The molecule has 15 heavy (non-hydrogen) atoms. The van der Waals surface area contributed by atoms with E-state index in [1.807, 2.05) is 24.3 Å². The number of hydrogen-bond acceptors (Lipinski definition) is 2. The number of rotatable bonds is 3. The molecule has 0 bridgehead atoms. The molecule has 0 radical (unpaired) electrons. The Labute approximate surface area is 89.6 Å². The molecule has 2 fully saturated rings. The maximum Gasteiger partial charge on any atom is 0.0899 e. The van der Waals surface area contributed by atoms with Gasteiger partial charge in [-0.2, -0.15) is 0 Å². The SMILES string of the molecule is OC1(Cc2ccc(C3(O)CC3)cc2)CC1. The van der Waals surface area contributed by atoms with Crippen molar-refractivity contribution in [1.82, 2.24) is 0 Å². The third-order valence-corrected chi connectivity index (χ3v) is 3.58. The van der Waals surface area contributed by atoms with Crippen LogP contribution in [0.4, 0.5) is 0 Å². The first kappa shape index (κ1) is 9.37. The maximum absolute atomic E-state index is 9.89. The zero-order valence-electron chi connectivity index (χ0n) is 8.74. The molecule has 2 saturated carbocycles. The average Bonchev–Trinajstić information content (AvgIpc) is 3.10. The van der Waals surface area contributed by atoms with Crippen molar-refractivity contribution in [2.45, 2.75) is 43.3 Å². The smallest absolute Gasteiger partial charge is 0.0899 e. The first-order valence-electron chi connectivity index (χ1n) is 5.64. The van der Waals surface area contributed by atoms with Crippen molar-refractivity contribution in [3.05, 3.63) is 35.4 Å². The monoisotopic (exact) mass is 204 g/mol. The van der Waals surface area contributed by atoms with Crippen LogP contribution in [0.3, 0.4) is 0 Å². The van der Waals surface area contributed by atoms with Gasteiger partial charge in [-0.05, 0) is 36.8 Å². The molecule has 2 nitrogen and oxygen atoms in total. The third-order valence-electron chi connectivity index (χ3n) is 3.58. The van der Waals surface area contributed by atoms with Crippen molar-refractivity contribution in [2.75, 3.05) is 0 Å². The molecule has 0 amide bonds. The van der Waals surface area contributed by atoms with Crippen LogP contribution in [-0.4, -0.2) is 15.8 Å². The lowest BCUT2D eigenvalue weighted by molar-refractivity contribution is 0.150. The van der Waals surface area contributed by atoms with Gasteiger partial charge in [0.2, 0.25) is 0 Å². The van der Waals surface area contributed by atoms with Crippen molar-refractivity contribution in [3.8, 4) is 0 Å². The average molecular weight is 204 g/mol. The van der Waals surface area contributed by atoms with Crippen molar-refractivity contribution in [1.29, 1.82) is 0 Å². The van der Waals surface area contributed by atoms with Gasteiger partial charge in [0.1, 0.15) is 0 Å². The summed E-state index contributed by atoms with van der Waals surface area (Å²) in [6.07, 6.45) is 4.38. The molecule has 1 aromatic carbocycles. The van der Waals surface area contributed by atoms with Crippen molar-refractivity contribution in [2.24, 2.45) is 0 Å². The highest BCUT2D eigenvalue weighted by Gasteiger charge is 2.42. The predicted molar refractivity (Wildman–Crippen MR) is 57.5 cm³/mol. The van der Waals surface area contributed by atoms with Gasteiger partial charge >= 0.3 is 0 Å². The molecule has 0 atom stereocenters. The molecule has 2 aliphatic rings. The molecule has 0 aromatic heterocycles. The summed E-state index contributed by atoms with van der Waals surface area (Å²) in [6.45, 7) is 0. The molecule has 2 aliphatic carbocycles. The largest absolute Gasteiger partial charge is 0.390 e. The summed E-state index contributed by atoms with van der Waals surface area (Å²) in [7, 11) is 0. The second kappa shape index (κ2) is 2.83. The molecule has 0 spiro atoms. The van der Waals surface area contributed by atoms with E-state index in [2.05, 4.69) is 0 Å². The molecule has 2 heteroatoms. The molecule has 2 N–H and O–H groups in total. The van der Waals surface area contributed by atoms with E-state index < -0.39 is 11.2 Å². The van der Waals surface area contributed by atoms with Gasteiger partial charge in [0, 0.05) is 6.42 Å². The fourth-order valence-corrected chi connectivity index (χ4v) is 2.04. The van der Waals surface area contributed by atoms with Gasteiger partial charge in [0.15, 0.2) is 0 Å². The zero-order valence-corrected chi connectivity index (χ0v) is 8.74. The Morgan fingerprint density at radius 3 is 2.00 bits per heavy atom. The summed E-state index contributed by atoms with van der Waals surface area (Å²) in [5, 5.41) is 19.7. The van der Waals surface area contributed by atoms with E-state index in [1.165, 1.54) is 5.56 Å². The summed E-state index contributed by atoms with van der Waals surface area (Å²) in [5.74, 6) is 0. The minimum Gasteiger partial charge on any atom is -0.390 e. The topological polar surface area (TPSA) is 40.5 Å². The summed E-state index contributed by atoms with van der Waals surface area (Å²) in [5.41, 5.74) is 1.24. The molecule has 3 rings (SSSR count). The van der Waals surface area contributed by atoms with Crippen LogP contribution >= 0.6 is 0 Å². The highest BCUT2D eigenvalue weighted by atomic mass is 16.3. The minimum absolute atomic E-state index is 0.419. The minimum atomic E-state index is -0.533. The van der Waals surface area contributed by atoms with E-state index in [4.69, 9.17) is 0 Å². The van der Waals surface area contributed by atoms with Crippen LogP contribution in [0.15, 0.2) is 24.3 Å². The summed E-state index contributed by atoms with van der Waals surface area (Å²) >= 11 is 0. The van der Waals surface area contributed by atoms with Crippen molar-refractivity contribution < 1.29 is 10.2 Å². The van der Waals surface area contributed by atoms with Crippen LogP contribution in [0.1, 0.15) is 36.8 Å². The van der Waals surface area contributed by atoms with Crippen LogP contribution in [0, 0.1) is 0 Å². The quantitative estimate of drug-likeness (QED) is 0.787. The first-order valence-corrected chi connectivity index (χ1v) is 5.64. The van der Waals surface area contributed by atoms with E-state index in [0.717, 1.165) is 37.7 Å². The van der Waals surface area contributed by atoms with Gasteiger partial charge in [0.05, 0.1) is 11.2 Å². The van der Waals surface area contributed by atoms with Crippen LogP contribution in [0.2, 0.25) is 0 Å². The van der Waals surface area contributed by atoms with E-state index in [1.54, 1.807) is 0 Å².